The van der Waals surface area contributed by atoms with Gasteiger partial charge in [0.25, 0.3) is 0 Å². The summed E-state index contributed by atoms with van der Waals surface area (Å²) in [6, 6.07) is 8.34. The van der Waals surface area contributed by atoms with E-state index in [-0.39, 0.29) is 12.5 Å². The van der Waals surface area contributed by atoms with Gasteiger partial charge in [-0.1, -0.05) is 30.3 Å². The van der Waals surface area contributed by atoms with Gasteiger partial charge in [0.1, 0.15) is 18.2 Å². The van der Waals surface area contributed by atoms with Crippen molar-refractivity contribution in [3.05, 3.63) is 35.9 Å². The first kappa shape index (κ1) is 18.7. The number of ether oxygens (including phenoxy) is 2. The van der Waals surface area contributed by atoms with E-state index in [0.29, 0.717) is 12.8 Å². The molecule has 2 bridgehead atoms. The van der Waals surface area contributed by atoms with Gasteiger partial charge in [-0.3, -0.25) is 4.90 Å². The molecule has 2 heterocycles. The molecule has 1 saturated carbocycles. The predicted molar refractivity (Wildman–Crippen MR) is 95.2 cm³/mol. The molecule has 1 aliphatic carbocycles. The van der Waals surface area contributed by atoms with Crippen molar-refractivity contribution in [1.29, 1.82) is 0 Å². The number of carbonyl (C=O) groups is 2. The molecule has 4 rings (SSSR count). The van der Waals surface area contributed by atoms with Gasteiger partial charge in [0.15, 0.2) is 0 Å². The van der Waals surface area contributed by atoms with Crippen molar-refractivity contribution < 1.29 is 24.2 Å². The molecule has 0 aromatic heterocycles. The zero-order valence-electron chi connectivity index (χ0n) is 15.6. The van der Waals surface area contributed by atoms with Crippen LogP contribution in [0.1, 0.15) is 45.6 Å². The van der Waals surface area contributed by atoms with E-state index in [0.717, 1.165) is 12.0 Å². The maximum atomic E-state index is 12.8. The maximum absolute atomic E-state index is 12.8. The van der Waals surface area contributed by atoms with E-state index in [4.69, 9.17) is 9.47 Å². The summed E-state index contributed by atoms with van der Waals surface area (Å²) in [7, 11) is 0. The Hall–Kier alpha value is -2.08. The van der Waals surface area contributed by atoms with Crippen LogP contribution in [0.5, 0.6) is 0 Å². The minimum atomic E-state index is -0.698. The Balaban J connectivity index is 1.75. The standard InChI is InChI=1S/C20H27NO5/c1-20(2,3)26-19(24)21-15-10-9-14(11-16(15)22)17(21)18(23)25-12-13-7-5-4-6-8-13/h4-8,14-17,22H,9-12H2,1-3H3/t14-,15+,16+,17-/m1/s1. The van der Waals surface area contributed by atoms with Gasteiger partial charge in [0.2, 0.25) is 0 Å². The van der Waals surface area contributed by atoms with Gasteiger partial charge in [-0.15, -0.1) is 0 Å². The smallest absolute Gasteiger partial charge is 0.411 e. The molecule has 142 valence electrons. The Morgan fingerprint density at radius 2 is 1.88 bits per heavy atom. The lowest BCUT2D eigenvalue weighted by Gasteiger charge is -2.51. The van der Waals surface area contributed by atoms with Gasteiger partial charge in [-0.2, -0.15) is 0 Å². The molecule has 3 fully saturated rings. The molecular weight excluding hydrogens is 334 g/mol. The van der Waals surface area contributed by atoms with E-state index in [1.165, 1.54) is 4.90 Å². The van der Waals surface area contributed by atoms with Crippen molar-refractivity contribution in [3.63, 3.8) is 0 Å². The minimum Gasteiger partial charge on any atom is -0.459 e. The summed E-state index contributed by atoms with van der Waals surface area (Å²) in [6.07, 6.45) is 0.793. The molecule has 26 heavy (non-hydrogen) atoms. The number of hydrogen-bond donors (Lipinski definition) is 1. The maximum Gasteiger partial charge on any atom is 0.411 e. The van der Waals surface area contributed by atoms with Crippen LogP contribution in [0.4, 0.5) is 4.79 Å². The second-order valence-corrected chi connectivity index (χ2v) is 8.13. The van der Waals surface area contributed by atoms with E-state index in [9.17, 15) is 14.7 Å². The van der Waals surface area contributed by atoms with Crippen LogP contribution in [0, 0.1) is 5.92 Å². The van der Waals surface area contributed by atoms with Gasteiger partial charge in [-0.25, -0.2) is 9.59 Å². The third-order valence-electron chi connectivity index (χ3n) is 4.99. The highest BCUT2D eigenvalue weighted by Crippen LogP contribution is 2.41. The highest BCUT2D eigenvalue weighted by Gasteiger charge is 2.53. The monoisotopic (exact) mass is 361 g/mol. The van der Waals surface area contributed by atoms with Crippen LogP contribution >= 0.6 is 0 Å². The third-order valence-corrected chi connectivity index (χ3v) is 4.99. The SMILES string of the molecule is CC(C)(C)OC(=O)N1[C@H]2CC[C@H](C[C@@H]2O)[C@@H]1C(=O)OCc1ccccc1. The van der Waals surface area contributed by atoms with Crippen LogP contribution in [0.25, 0.3) is 0 Å². The summed E-state index contributed by atoms with van der Waals surface area (Å²) >= 11 is 0. The number of hydrogen-bond acceptors (Lipinski definition) is 5. The molecule has 1 N–H and O–H groups in total. The Labute approximate surface area is 154 Å². The van der Waals surface area contributed by atoms with Crippen molar-refractivity contribution in [2.75, 3.05) is 0 Å². The fourth-order valence-electron chi connectivity index (χ4n) is 3.89. The van der Waals surface area contributed by atoms with Gasteiger partial charge in [0.05, 0.1) is 12.1 Å². The molecule has 1 amide bonds. The number of rotatable bonds is 3. The molecular formula is C20H27NO5. The van der Waals surface area contributed by atoms with E-state index in [1.807, 2.05) is 30.3 Å². The lowest BCUT2D eigenvalue weighted by Crippen LogP contribution is -2.66. The largest absolute Gasteiger partial charge is 0.459 e. The first-order valence-corrected chi connectivity index (χ1v) is 9.16. The first-order chi connectivity index (χ1) is 12.3. The summed E-state index contributed by atoms with van der Waals surface area (Å²) in [5.74, 6) is -0.535. The van der Waals surface area contributed by atoms with E-state index in [2.05, 4.69) is 0 Å². The second-order valence-electron chi connectivity index (χ2n) is 8.13. The summed E-state index contributed by atoms with van der Waals surface area (Å²) < 4.78 is 11.0. The zero-order valence-corrected chi connectivity index (χ0v) is 15.6. The van der Waals surface area contributed by atoms with Gasteiger partial charge >= 0.3 is 12.1 Å². The van der Waals surface area contributed by atoms with Crippen LogP contribution < -0.4 is 0 Å². The molecule has 1 aromatic rings. The normalized spacial score (nSPS) is 27.9. The number of benzene rings is 1. The molecule has 0 spiro atoms. The van der Waals surface area contributed by atoms with E-state index < -0.39 is 35.9 Å². The summed E-state index contributed by atoms with van der Waals surface area (Å²) in [5.41, 5.74) is 0.225. The number of nitrogens with zero attached hydrogens (tertiary/aromatic N) is 1. The van der Waals surface area contributed by atoms with Crippen LogP contribution in [0.3, 0.4) is 0 Å². The number of fused-ring (bicyclic) bond motifs is 3. The van der Waals surface area contributed by atoms with E-state index >= 15 is 0 Å². The number of carbonyl (C=O) groups excluding carboxylic acids is 2. The van der Waals surface area contributed by atoms with Crippen LogP contribution in [-0.4, -0.2) is 45.9 Å². The fourth-order valence-corrected chi connectivity index (χ4v) is 3.89. The Morgan fingerprint density at radius 1 is 1.19 bits per heavy atom. The summed E-state index contributed by atoms with van der Waals surface area (Å²) in [4.78, 5) is 26.9. The van der Waals surface area contributed by atoms with Gasteiger partial charge in [0, 0.05) is 0 Å². The lowest BCUT2D eigenvalue weighted by molar-refractivity contribution is -0.166. The average Bonchev–Trinajstić information content (AvgIpc) is 2.58. The van der Waals surface area contributed by atoms with Crippen molar-refractivity contribution in [3.8, 4) is 0 Å². The van der Waals surface area contributed by atoms with E-state index in [1.54, 1.807) is 20.8 Å². The first-order valence-electron chi connectivity index (χ1n) is 9.16. The zero-order chi connectivity index (χ0) is 18.9. The number of amides is 1. The molecule has 0 unspecified atom stereocenters. The highest BCUT2D eigenvalue weighted by atomic mass is 16.6. The number of aliphatic hydroxyl groups is 1. The highest BCUT2D eigenvalue weighted by molar-refractivity contribution is 5.83. The third kappa shape index (κ3) is 4.01. The topological polar surface area (TPSA) is 76.1 Å². The minimum absolute atomic E-state index is 0.106. The van der Waals surface area contributed by atoms with Gasteiger partial charge in [-0.05, 0) is 51.5 Å². The second kappa shape index (κ2) is 7.27. The van der Waals surface area contributed by atoms with Crippen LogP contribution in [-0.2, 0) is 20.9 Å². The average molecular weight is 361 g/mol. The molecule has 6 heteroatoms. The Morgan fingerprint density at radius 3 is 2.50 bits per heavy atom. The molecule has 3 aliphatic rings. The van der Waals surface area contributed by atoms with Crippen molar-refractivity contribution in [1.82, 2.24) is 4.90 Å². The number of piperidine rings is 2. The fraction of sp³-hybridized carbons (Fsp3) is 0.600. The van der Waals surface area contributed by atoms with Crippen LogP contribution in [0.2, 0.25) is 0 Å². The predicted octanol–water partition coefficient (Wildman–Crippen LogP) is 2.88. The molecule has 2 aliphatic heterocycles. The molecule has 2 saturated heterocycles. The molecule has 1 aromatic carbocycles. The molecule has 4 atom stereocenters. The quantitative estimate of drug-likeness (QED) is 0.838. The lowest BCUT2D eigenvalue weighted by atomic mass is 9.73. The number of aliphatic hydroxyl groups excluding tert-OH is 1. The van der Waals surface area contributed by atoms with Crippen molar-refractivity contribution in [2.45, 2.75) is 70.4 Å². The summed E-state index contributed by atoms with van der Waals surface area (Å²) in [6.45, 7) is 5.52. The number of esters is 1. The molecule has 0 radical (unpaired) electrons. The molecule has 6 nitrogen and oxygen atoms in total. The summed E-state index contributed by atoms with van der Waals surface area (Å²) in [5, 5.41) is 10.3. The van der Waals surface area contributed by atoms with Gasteiger partial charge < -0.3 is 14.6 Å². The Kier molecular flexibility index (Phi) is 5.23. The van der Waals surface area contributed by atoms with Crippen LogP contribution in [0.15, 0.2) is 30.3 Å². The van der Waals surface area contributed by atoms with Crippen molar-refractivity contribution >= 4 is 12.1 Å². The van der Waals surface area contributed by atoms with Crippen molar-refractivity contribution in [2.24, 2.45) is 5.92 Å². The Bertz CT molecular complexity index is 654.